The van der Waals surface area contributed by atoms with Gasteiger partial charge in [-0.1, -0.05) is 11.6 Å². The predicted molar refractivity (Wildman–Crippen MR) is 90.8 cm³/mol. The van der Waals surface area contributed by atoms with Crippen LogP contribution in [0.1, 0.15) is 5.69 Å². The molecule has 0 radical (unpaired) electrons. The minimum absolute atomic E-state index is 0.0453. The highest BCUT2D eigenvalue weighted by atomic mass is 35.5. The Kier molecular flexibility index (Phi) is 4.91. The van der Waals surface area contributed by atoms with E-state index in [2.05, 4.69) is 14.7 Å². The fourth-order valence-corrected chi connectivity index (χ4v) is 3.93. The monoisotopic (exact) mass is 383 g/mol. The smallest absolute Gasteiger partial charge is 0.240 e. The summed E-state index contributed by atoms with van der Waals surface area (Å²) in [6.07, 6.45) is 3.04. The second-order valence-electron chi connectivity index (χ2n) is 4.76. The molecule has 0 aliphatic rings. The SMILES string of the molecule is O=S(=O)(NCc1nccnc1-c1ccsc1)c1ccc(F)c(Cl)c1. The number of sulfonamides is 1. The first-order chi connectivity index (χ1) is 11.5. The van der Waals surface area contributed by atoms with Crippen LogP contribution in [0.2, 0.25) is 5.02 Å². The highest BCUT2D eigenvalue weighted by molar-refractivity contribution is 7.89. The molecule has 0 aliphatic heterocycles. The van der Waals surface area contributed by atoms with Gasteiger partial charge in [0, 0.05) is 23.3 Å². The van der Waals surface area contributed by atoms with E-state index in [1.165, 1.54) is 17.5 Å². The van der Waals surface area contributed by atoms with E-state index < -0.39 is 15.8 Å². The van der Waals surface area contributed by atoms with Gasteiger partial charge in [-0.25, -0.2) is 17.5 Å². The van der Waals surface area contributed by atoms with Gasteiger partial charge in [0.25, 0.3) is 0 Å². The molecule has 0 spiro atoms. The van der Waals surface area contributed by atoms with Crippen LogP contribution in [0.15, 0.2) is 52.3 Å². The van der Waals surface area contributed by atoms with Crippen LogP contribution in [-0.4, -0.2) is 18.4 Å². The molecule has 0 saturated carbocycles. The van der Waals surface area contributed by atoms with E-state index in [1.807, 2.05) is 16.8 Å². The molecule has 5 nitrogen and oxygen atoms in total. The molecule has 0 bridgehead atoms. The van der Waals surface area contributed by atoms with Crippen molar-refractivity contribution in [2.45, 2.75) is 11.4 Å². The molecule has 0 atom stereocenters. The van der Waals surface area contributed by atoms with Crippen LogP contribution in [0.3, 0.4) is 0 Å². The number of halogens is 2. The normalized spacial score (nSPS) is 11.6. The van der Waals surface area contributed by atoms with Gasteiger partial charge in [0.1, 0.15) is 5.82 Å². The molecule has 0 amide bonds. The molecule has 0 aliphatic carbocycles. The van der Waals surface area contributed by atoms with E-state index in [0.717, 1.165) is 23.8 Å². The Hall–Kier alpha value is -1.87. The largest absolute Gasteiger partial charge is 0.256 e. The van der Waals surface area contributed by atoms with Crippen molar-refractivity contribution in [3.63, 3.8) is 0 Å². The van der Waals surface area contributed by atoms with Crippen LogP contribution >= 0.6 is 22.9 Å². The Morgan fingerprint density at radius 1 is 1.21 bits per heavy atom. The lowest BCUT2D eigenvalue weighted by Crippen LogP contribution is -2.24. The molecule has 2 heterocycles. The van der Waals surface area contributed by atoms with E-state index in [4.69, 9.17) is 11.6 Å². The topological polar surface area (TPSA) is 72.0 Å². The summed E-state index contributed by atoms with van der Waals surface area (Å²) in [5.41, 5.74) is 1.97. The maximum Gasteiger partial charge on any atom is 0.240 e. The molecule has 124 valence electrons. The number of thiophene rings is 1. The van der Waals surface area contributed by atoms with Crippen molar-refractivity contribution >= 4 is 33.0 Å². The fraction of sp³-hybridized carbons (Fsp3) is 0.0667. The highest BCUT2D eigenvalue weighted by Gasteiger charge is 2.17. The summed E-state index contributed by atoms with van der Waals surface area (Å²) >= 11 is 7.15. The molecule has 0 saturated heterocycles. The third-order valence-electron chi connectivity index (χ3n) is 3.20. The minimum Gasteiger partial charge on any atom is -0.256 e. The molecule has 3 aromatic rings. The fourth-order valence-electron chi connectivity index (χ4n) is 2.03. The number of benzene rings is 1. The van der Waals surface area contributed by atoms with Gasteiger partial charge in [-0.2, -0.15) is 11.3 Å². The maximum atomic E-state index is 13.2. The first-order valence-electron chi connectivity index (χ1n) is 6.74. The second kappa shape index (κ2) is 6.94. The number of nitrogens with one attached hydrogen (secondary N) is 1. The first kappa shape index (κ1) is 17.0. The maximum absolute atomic E-state index is 13.2. The number of aromatic nitrogens is 2. The van der Waals surface area contributed by atoms with Crippen molar-refractivity contribution in [3.05, 3.63) is 64.0 Å². The minimum atomic E-state index is -3.85. The summed E-state index contributed by atoms with van der Waals surface area (Å²) in [6, 6.07) is 5.11. The molecule has 1 N–H and O–H groups in total. The van der Waals surface area contributed by atoms with Gasteiger partial charge in [0.2, 0.25) is 10.0 Å². The Balaban J connectivity index is 1.84. The molecule has 24 heavy (non-hydrogen) atoms. The Bertz CT molecular complexity index is 963. The van der Waals surface area contributed by atoms with Crippen LogP contribution in [0, 0.1) is 5.82 Å². The summed E-state index contributed by atoms with van der Waals surface area (Å²) in [5, 5.41) is 3.55. The van der Waals surface area contributed by atoms with Crippen molar-refractivity contribution in [3.8, 4) is 11.3 Å². The first-order valence-corrected chi connectivity index (χ1v) is 9.55. The summed E-state index contributed by atoms with van der Waals surface area (Å²) in [4.78, 5) is 8.34. The van der Waals surface area contributed by atoms with Crippen LogP contribution in [-0.2, 0) is 16.6 Å². The quantitative estimate of drug-likeness (QED) is 0.732. The van der Waals surface area contributed by atoms with E-state index >= 15 is 0 Å². The van der Waals surface area contributed by atoms with Crippen molar-refractivity contribution in [2.75, 3.05) is 0 Å². The summed E-state index contributed by atoms with van der Waals surface area (Å²) < 4.78 is 40.3. The van der Waals surface area contributed by atoms with E-state index in [9.17, 15) is 12.8 Å². The average Bonchev–Trinajstić information content (AvgIpc) is 3.10. The van der Waals surface area contributed by atoms with Crippen molar-refractivity contribution in [2.24, 2.45) is 0 Å². The molecule has 0 unspecified atom stereocenters. The van der Waals surface area contributed by atoms with Gasteiger partial charge in [-0.3, -0.25) is 9.97 Å². The van der Waals surface area contributed by atoms with Gasteiger partial charge in [0.05, 0.1) is 27.9 Å². The number of nitrogens with zero attached hydrogens (tertiary/aromatic N) is 2. The lowest BCUT2D eigenvalue weighted by Gasteiger charge is -2.09. The summed E-state index contributed by atoms with van der Waals surface area (Å²) in [7, 11) is -3.85. The Morgan fingerprint density at radius 3 is 2.71 bits per heavy atom. The molecule has 9 heteroatoms. The van der Waals surface area contributed by atoms with Gasteiger partial charge >= 0.3 is 0 Å². The molecule has 2 aromatic heterocycles. The van der Waals surface area contributed by atoms with Crippen molar-refractivity contribution < 1.29 is 12.8 Å². The van der Waals surface area contributed by atoms with E-state index in [-0.39, 0.29) is 16.5 Å². The van der Waals surface area contributed by atoms with Crippen LogP contribution in [0.25, 0.3) is 11.3 Å². The molecule has 0 fully saturated rings. The van der Waals surface area contributed by atoms with Gasteiger partial charge in [0.15, 0.2) is 0 Å². The van der Waals surface area contributed by atoms with Crippen LogP contribution in [0.5, 0.6) is 0 Å². The molecular formula is C15H11ClFN3O2S2. The van der Waals surface area contributed by atoms with E-state index in [1.54, 1.807) is 6.20 Å². The Labute approximate surface area is 147 Å². The zero-order valence-corrected chi connectivity index (χ0v) is 14.5. The standard InChI is InChI=1S/C15H11ClFN3O2S2/c16-12-7-11(1-2-13(12)17)24(21,22)20-8-14-15(19-5-4-18-14)10-3-6-23-9-10/h1-7,9,20H,8H2. The zero-order chi connectivity index (χ0) is 17.2. The number of hydrogen-bond donors (Lipinski definition) is 1. The third kappa shape index (κ3) is 3.62. The van der Waals surface area contributed by atoms with Crippen LogP contribution < -0.4 is 4.72 Å². The lowest BCUT2D eigenvalue weighted by molar-refractivity contribution is 0.579. The van der Waals surface area contributed by atoms with Gasteiger partial charge in [-0.15, -0.1) is 0 Å². The van der Waals surface area contributed by atoms with E-state index in [0.29, 0.717) is 11.4 Å². The molecule has 1 aromatic carbocycles. The predicted octanol–water partition coefficient (Wildman–Crippen LogP) is 3.48. The Morgan fingerprint density at radius 2 is 2.00 bits per heavy atom. The number of hydrogen-bond acceptors (Lipinski definition) is 5. The highest BCUT2D eigenvalue weighted by Crippen LogP contribution is 2.23. The average molecular weight is 384 g/mol. The summed E-state index contributed by atoms with van der Waals surface area (Å²) in [6.45, 7) is -0.0453. The van der Waals surface area contributed by atoms with Gasteiger partial charge in [-0.05, 0) is 29.6 Å². The third-order valence-corrected chi connectivity index (χ3v) is 5.57. The van der Waals surface area contributed by atoms with Crippen molar-refractivity contribution in [1.82, 2.24) is 14.7 Å². The number of rotatable bonds is 5. The second-order valence-corrected chi connectivity index (χ2v) is 7.72. The van der Waals surface area contributed by atoms with Crippen LogP contribution in [0.4, 0.5) is 4.39 Å². The lowest BCUT2D eigenvalue weighted by atomic mass is 10.2. The molecular weight excluding hydrogens is 373 g/mol. The zero-order valence-electron chi connectivity index (χ0n) is 12.1. The van der Waals surface area contributed by atoms with Crippen molar-refractivity contribution in [1.29, 1.82) is 0 Å². The van der Waals surface area contributed by atoms with Gasteiger partial charge < -0.3 is 0 Å². The molecule has 3 rings (SSSR count). The summed E-state index contributed by atoms with van der Waals surface area (Å²) in [5.74, 6) is -0.677.